The van der Waals surface area contributed by atoms with Gasteiger partial charge in [-0.25, -0.2) is 4.39 Å². The summed E-state index contributed by atoms with van der Waals surface area (Å²) in [5.41, 5.74) is 0.160. The number of carbonyl (C=O) groups is 1. The van der Waals surface area contributed by atoms with Gasteiger partial charge in [-0.05, 0) is 44.4 Å². The van der Waals surface area contributed by atoms with Crippen LogP contribution in [-0.4, -0.2) is 25.2 Å². The third-order valence-electron chi connectivity index (χ3n) is 6.21. The predicted molar refractivity (Wildman–Crippen MR) is 121 cm³/mol. The predicted octanol–water partition coefficient (Wildman–Crippen LogP) is 5.84. The maximum absolute atomic E-state index is 14.7. The molecule has 1 N–H and O–H groups in total. The molecule has 31 heavy (non-hydrogen) atoms. The van der Waals surface area contributed by atoms with E-state index in [4.69, 9.17) is 9.47 Å². The van der Waals surface area contributed by atoms with Crippen LogP contribution in [0.5, 0.6) is 5.75 Å². The normalized spacial score (nSPS) is 16.6. The molecule has 0 aliphatic carbocycles. The number of anilines is 1. The SMILES string of the molecule is CCC(C)Oc1ccc(NC(=O)C2(c3ccccc3F)CCOCC2)c2ccccc12. The summed E-state index contributed by atoms with van der Waals surface area (Å²) in [6.07, 6.45) is 1.87. The molecule has 4 nitrogen and oxygen atoms in total. The first-order valence-corrected chi connectivity index (χ1v) is 10.9. The average molecular weight is 422 g/mol. The van der Waals surface area contributed by atoms with Crippen LogP contribution in [0.2, 0.25) is 0 Å². The van der Waals surface area contributed by atoms with Crippen LogP contribution >= 0.6 is 0 Å². The second kappa shape index (κ2) is 9.06. The number of hydrogen-bond acceptors (Lipinski definition) is 3. The third kappa shape index (κ3) is 4.15. The van der Waals surface area contributed by atoms with Crippen molar-refractivity contribution in [3.63, 3.8) is 0 Å². The molecule has 4 rings (SSSR count). The lowest BCUT2D eigenvalue weighted by Gasteiger charge is -2.36. The fourth-order valence-electron chi connectivity index (χ4n) is 4.21. The molecular weight excluding hydrogens is 393 g/mol. The monoisotopic (exact) mass is 421 g/mol. The molecule has 0 aromatic heterocycles. The highest BCUT2D eigenvalue weighted by Gasteiger charge is 2.43. The first-order chi connectivity index (χ1) is 15.0. The van der Waals surface area contributed by atoms with Crippen LogP contribution in [0.4, 0.5) is 10.1 Å². The second-order valence-corrected chi connectivity index (χ2v) is 8.12. The van der Waals surface area contributed by atoms with E-state index in [1.165, 1.54) is 6.07 Å². The molecule has 0 saturated carbocycles. The highest BCUT2D eigenvalue weighted by Crippen LogP contribution is 2.39. The van der Waals surface area contributed by atoms with Gasteiger partial charge < -0.3 is 14.8 Å². The van der Waals surface area contributed by atoms with Gasteiger partial charge in [0, 0.05) is 35.2 Å². The number of halogens is 1. The highest BCUT2D eigenvalue weighted by atomic mass is 19.1. The average Bonchev–Trinajstić information content (AvgIpc) is 2.81. The minimum absolute atomic E-state index is 0.0930. The Hall–Kier alpha value is -2.92. The van der Waals surface area contributed by atoms with Gasteiger partial charge in [-0.1, -0.05) is 49.4 Å². The summed E-state index contributed by atoms with van der Waals surface area (Å²) in [7, 11) is 0. The van der Waals surface area contributed by atoms with Crippen LogP contribution < -0.4 is 10.1 Å². The van der Waals surface area contributed by atoms with Crippen molar-refractivity contribution in [2.75, 3.05) is 18.5 Å². The van der Waals surface area contributed by atoms with E-state index < -0.39 is 5.41 Å². The second-order valence-electron chi connectivity index (χ2n) is 8.12. The maximum Gasteiger partial charge on any atom is 0.235 e. The summed E-state index contributed by atoms with van der Waals surface area (Å²) in [4.78, 5) is 13.6. The summed E-state index contributed by atoms with van der Waals surface area (Å²) >= 11 is 0. The molecule has 1 saturated heterocycles. The van der Waals surface area contributed by atoms with Crippen molar-refractivity contribution in [2.45, 2.75) is 44.6 Å². The van der Waals surface area contributed by atoms with Crippen LogP contribution in [0.3, 0.4) is 0 Å². The Bertz CT molecular complexity index is 1080. The van der Waals surface area contributed by atoms with Gasteiger partial charge >= 0.3 is 0 Å². The topological polar surface area (TPSA) is 47.6 Å². The first kappa shape index (κ1) is 21.3. The molecule has 0 spiro atoms. The molecule has 1 atom stereocenters. The standard InChI is InChI=1S/C26H28FNO3/c1-3-18(2)31-24-13-12-23(19-8-4-5-9-20(19)24)28-25(29)26(14-16-30-17-15-26)21-10-6-7-11-22(21)27/h4-13,18H,3,14-17H2,1-2H3,(H,28,29). The van der Waals surface area contributed by atoms with Gasteiger partial charge in [0.1, 0.15) is 11.6 Å². The fourth-order valence-corrected chi connectivity index (χ4v) is 4.21. The summed E-state index contributed by atoms with van der Waals surface area (Å²) in [5.74, 6) is 0.223. The lowest BCUT2D eigenvalue weighted by atomic mass is 9.73. The number of hydrogen-bond donors (Lipinski definition) is 1. The van der Waals surface area contributed by atoms with Crippen molar-refractivity contribution in [2.24, 2.45) is 0 Å². The Kier molecular flexibility index (Phi) is 6.23. The van der Waals surface area contributed by atoms with Crippen LogP contribution in [-0.2, 0) is 14.9 Å². The van der Waals surface area contributed by atoms with Crippen molar-refractivity contribution < 1.29 is 18.7 Å². The van der Waals surface area contributed by atoms with Gasteiger partial charge in [0.25, 0.3) is 0 Å². The molecule has 5 heteroatoms. The van der Waals surface area contributed by atoms with E-state index in [9.17, 15) is 9.18 Å². The van der Waals surface area contributed by atoms with Gasteiger partial charge in [-0.2, -0.15) is 0 Å². The number of carbonyl (C=O) groups excluding carboxylic acids is 1. The van der Waals surface area contributed by atoms with E-state index in [-0.39, 0.29) is 17.8 Å². The molecular formula is C26H28FNO3. The van der Waals surface area contributed by atoms with Crippen molar-refractivity contribution in [1.29, 1.82) is 0 Å². The van der Waals surface area contributed by atoms with E-state index in [0.29, 0.717) is 37.3 Å². The minimum Gasteiger partial charge on any atom is -0.490 e. The van der Waals surface area contributed by atoms with Crippen LogP contribution in [0.15, 0.2) is 60.7 Å². The Morgan fingerprint density at radius 2 is 1.74 bits per heavy atom. The number of rotatable bonds is 6. The highest BCUT2D eigenvalue weighted by molar-refractivity contribution is 6.07. The Morgan fingerprint density at radius 3 is 2.45 bits per heavy atom. The van der Waals surface area contributed by atoms with Gasteiger partial charge in [-0.3, -0.25) is 4.79 Å². The zero-order valence-corrected chi connectivity index (χ0v) is 18.0. The Balaban J connectivity index is 1.72. The van der Waals surface area contributed by atoms with Crippen LogP contribution in [0.25, 0.3) is 10.8 Å². The van der Waals surface area contributed by atoms with Gasteiger partial charge in [0.2, 0.25) is 5.91 Å². The van der Waals surface area contributed by atoms with Gasteiger partial charge in [0.05, 0.1) is 11.5 Å². The molecule has 1 aliphatic heterocycles. The molecule has 3 aromatic rings. The lowest BCUT2D eigenvalue weighted by molar-refractivity contribution is -0.125. The minimum atomic E-state index is -0.962. The van der Waals surface area contributed by atoms with Crippen LogP contribution in [0.1, 0.15) is 38.7 Å². The molecule has 0 bridgehead atoms. The number of benzene rings is 3. The largest absolute Gasteiger partial charge is 0.490 e. The quantitative estimate of drug-likeness (QED) is 0.544. The molecule has 1 heterocycles. The summed E-state index contributed by atoms with van der Waals surface area (Å²) < 4.78 is 26.3. The lowest BCUT2D eigenvalue weighted by Crippen LogP contribution is -2.45. The summed E-state index contributed by atoms with van der Waals surface area (Å²) in [5, 5.41) is 4.93. The number of nitrogens with one attached hydrogen (secondary N) is 1. The molecule has 1 aliphatic rings. The number of ether oxygens (including phenoxy) is 2. The third-order valence-corrected chi connectivity index (χ3v) is 6.21. The molecule has 1 fully saturated rings. The Labute approximate surface area is 182 Å². The summed E-state index contributed by atoms with van der Waals surface area (Å²) in [6.45, 7) is 4.96. The van der Waals surface area contributed by atoms with E-state index in [2.05, 4.69) is 12.2 Å². The van der Waals surface area contributed by atoms with Crippen molar-refractivity contribution >= 4 is 22.4 Å². The van der Waals surface area contributed by atoms with E-state index in [1.807, 2.05) is 43.3 Å². The van der Waals surface area contributed by atoms with Crippen molar-refractivity contribution in [3.8, 4) is 5.75 Å². The molecule has 1 unspecified atom stereocenters. The zero-order chi connectivity index (χ0) is 21.8. The van der Waals surface area contributed by atoms with E-state index >= 15 is 0 Å². The smallest absolute Gasteiger partial charge is 0.235 e. The van der Waals surface area contributed by atoms with E-state index in [1.54, 1.807) is 18.2 Å². The molecule has 3 aromatic carbocycles. The molecule has 0 radical (unpaired) electrons. The van der Waals surface area contributed by atoms with Crippen molar-refractivity contribution in [1.82, 2.24) is 0 Å². The van der Waals surface area contributed by atoms with E-state index in [0.717, 1.165) is 22.9 Å². The van der Waals surface area contributed by atoms with Crippen molar-refractivity contribution in [3.05, 3.63) is 72.0 Å². The van der Waals surface area contributed by atoms with Gasteiger partial charge in [-0.15, -0.1) is 0 Å². The van der Waals surface area contributed by atoms with Gasteiger partial charge in [0.15, 0.2) is 0 Å². The molecule has 162 valence electrons. The fraction of sp³-hybridized carbons (Fsp3) is 0.346. The summed E-state index contributed by atoms with van der Waals surface area (Å²) in [6, 6.07) is 18.2. The zero-order valence-electron chi connectivity index (χ0n) is 18.0. The van der Waals surface area contributed by atoms with Crippen LogP contribution in [0, 0.1) is 5.82 Å². The molecule has 1 amide bonds. The first-order valence-electron chi connectivity index (χ1n) is 10.9. The maximum atomic E-state index is 14.7. The Morgan fingerprint density at radius 1 is 1.06 bits per heavy atom. The number of amides is 1. The number of fused-ring (bicyclic) bond motifs is 1.